The van der Waals surface area contributed by atoms with Crippen molar-refractivity contribution in [1.82, 2.24) is 14.5 Å². The van der Waals surface area contributed by atoms with Crippen LogP contribution >= 0.6 is 0 Å². The summed E-state index contributed by atoms with van der Waals surface area (Å²) >= 11 is 0. The van der Waals surface area contributed by atoms with Crippen LogP contribution in [0.5, 0.6) is 0 Å². The molecule has 2 aromatic heterocycles. The summed E-state index contributed by atoms with van der Waals surface area (Å²) in [5.74, 6) is 1.55. The molecule has 6 heteroatoms. The van der Waals surface area contributed by atoms with Crippen molar-refractivity contribution in [2.24, 2.45) is 4.99 Å². The summed E-state index contributed by atoms with van der Waals surface area (Å²) in [5.41, 5.74) is 4.16. The smallest absolute Gasteiger partial charge is 0.356 e. The summed E-state index contributed by atoms with van der Waals surface area (Å²) in [6, 6.07) is 10.7. The summed E-state index contributed by atoms with van der Waals surface area (Å²) in [6.45, 7) is 1.84. The van der Waals surface area contributed by atoms with Gasteiger partial charge in [0.15, 0.2) is 5.69 Å². The predicted octanol–water partition coefficient (Wildman–Crippen LogP) is 2.86. The molecule has 0 saturated carbocycles. The Bertz CT molecular complexity index is 1090. The van der Waals surface area contributed by atoms with Crippen LogP contribution in [0.3, 0.4) is 0 Å². The molecular weight excluding hydrogens is 328 g/mol. The van der Waals surface area contributed by atoms with E-state index in [1.54, 1.807) is 10.8 Å². The SMILES string of the molecule is C#Cc1ccc2c(c1)C(c1ccccn1)=N[C@H](C)c1c(C(=O)O)ncn1-2. The molecule has 6 nitrogen and oxygen atoms in total. The third kappa shape index (κ3) is 2.38. The van der Waals surface area contributed by atoms with E-state index in [1.807, 2.05) is 43.3 Å². The van der Waals surface area contributed by atoms with Gasteiger partial charge in [-0.1, -0.05) is 12.0 Å². The Morgan fingerprint density at radius 3 is 2.81 bits per heavy atom. The topological polar surface area (TPSA) is 80.4 Å². The second-order valence-corrected chi connectivity index (χ2v) is 5.90. The summed E-state index contributed by atoms with van der Waals surface area (Å²) < 4.78 is 1.77. The van der Waals surface area contributed by atoms with Gasteiger partial charge in [0.05, 0.1) is 28.8 Å². The Labute approximate surface area is 149 Å². The summed E-state index contributed by atoms with van der Waals surface area (Å²) in [6.07, 6.45) is 8.78. The Hall–Kier alpha value is -3.72. The molecule has 1 N–H and O–H groups in total. The normalized spacial score (nSPS) is 15.2. The van der Waals surface area contributed by atoms with Crippen LogP contribution in [0.25, 0.3) is 5.69 Å². The molecule has 1 aliphatic rings. The van der Waals surface area contributed by atoms with Crippen molar-refractivity contribution >= 4 is 11.7 Å². The standard InChI is InChI=1S/C20H14N4O2/c1-3-13-7-8-16-14(10-13)17(15-6-4-5-9-21-15)23-12(2)19-18(20(25)26)22-11-24(16)19/h1,4-12H,2H3,(H,25,26)/t12-/m1/s1. The minimum absolute atomic E-state index is 0.00417. The maximum absolute atomic E-state index is 11.6. The van der Waals surface area contributed by atoms with Gasteiger partial charge < -0.3 is 5.11 Å². The zero-order valence-corrected chi connectivity index (χ0v) is 13.9. The highest BCUT2D eigenvalue weighted by Crippen LogP contribution is 2.32. The van der Waals surface area contributed by atoms with E-state index in [-0.39, 0.29) is 5.69 Å². The van der Waals surface area contributed by atoms with Gasteiger partial charge in [-0.3, -0.25) is 14.5 Å². The molecule has 0 fully saturated rings. The van der Waals surface area contributed by atoms with Gasteiger partial charge in [-0.25, -0.2) is 9.78 Å². The van der Waals surface area contributed by atoms with E-state index in [1.165, 1.54) is 6.33 Å². The third-order valence-electron chi connectivity index (χ3n) is 4.31. The minimum Gasteiger partial charge on any atom is -0.476 e. The third-order valence-corrected chi connectivity index (χ3v) is 4.31. The lowest BCUT2D eigenvalue weighted by molar-refractivity contribution is 0.0689. The van der Waals surface area contributed by atoms with Crippen LogP contribution in [-0.4, -0.2) is 31.3 Å². The van der Waals surface area contributed by atoms with Gasteiger partial charge in [-0.05, 0) is 37.3 Å². The number of aromatic nitrogens is 3. The van der Waals surface area contributed by atoms with E-state index >= 15 is 0 Å². The summed E-state index contributed by atoms with van der Waals surface area (Å²) in [4.78, 5) is 24.9. The lowest BCUT2D eigenvalue weighted by Gasteiger charge is -2.12. The number of terminal acetylenes is 1. The number of rotatable bonds is 2. The molecular formula is C20H14N4O2. The summed E-state index contributed by atoms with van der Waals surface area (Å²) in [5, 5.41) is 9.49. The maximum Gasteiger partial charge on any atom is 0.356 e. The number of fused-ring (bicyclic) bond motifs is 3. The fraction of sp³-hybridized carbons (Fsp3) is 0.100. The van der Waals surface area contributed by atoms with E-state index in [2.05, 4.69) is 15.9 Å². The van der Waals surface area contributed by atoms with Crippen LogP contribution in [0.1, 0.15) is 46.0 Å². The zero-order chi connectivity index (χ0) is 18.3. The van der Waals surface area contributed by atoms with Crippen LogP contribution in [0.15, 0.2) is 53.9 Å². The van der Waals surface area contributed by atoms with Crippen molar-refractivity contribution in [3.63, 3.8) is 0 Å². The van der Waals surface area contributed by atoms with Crippen LogP contribution in [-0.2, 0) is 0 Å². The van der Waals surface area contributed by atoms with Crippen LogP contribution in [0.2, 0.25) is 0 Å². The van der Waals surface area contributed by atoms with E-state index in [0.29, 0.717) is 22.7 Å². The van der Waals surface area contributed by atoms with Crippen LogP contribution in [0.4, 0.5) is 0 Å². The van der Waals surface area contributed by atoms with Gasteiger partial charge in [0.1, 0.15) is 6.33 Å². The number of hydrogen-bond donors (Lipinski definition) is 1. The number of aromatic carboxylic acids is 1. The second-order valence-electron chi connectivity index (χ2n) is 5.90. The van der Waals surface area contributed by atoms with Crippen molar-refractivity contribution in [3.8, 4) is 18.0 Å². The molecule has 0 radical (unpaired) electrons. The number of aliphatic imine (C=N–C) groups is 1. The fourth-order valence-electron chi connectivity index (χ4n) is 3.17. The van der Waals surface area contributed by atoms with Crippen molar-refractivity contribution in [2.75, 3.05) is 0 Å². The highest BCUT2D eigenvalue weighted by atomic mass is 16.4. The Morgan fingerprint density at radius 1 is 1.27 bits per heavy atom. The van der Waals surface area contributed by atoms with Gasteiger partial charge in [-0.15, -0.1) is 6.42 Å². The molecule has 3 heterocycles. The number of benzene rings is 1. The molecule has 4 rings (SSSR count). The number of pyridine rings is 1. The molecule has 3 aromatic rings. The molecule has 0 saturated heterocycles. The summed E-state index contributed by atoms with van der Waals surface area (Å²) in [7, 11) is 0. The quantitative estimate of drug-likeness (QED) is 0.726. The van der Waals surface area contributed by atoms with Crippen LogP contribution in [0, 0.1) is 12.3 Å². The number of imidazole rings is 1. The Kier molecular flexibility index (Phi) is 3.63. The molecule has 1 aliphatic heterocycles. The molecule has 126 valence electrons. The molecule has 0 unspecified atom stereocenters. The van der Waals surface area contributed by atoms with E-state index in [9.17, 15) is 9.90 Å². The molecule has 0 amide bonds. The number of nitrogens with zero attached hydrogens (tertiary/aromatic N) is 4. The molecule has 26 heavy (non-hydrogen) atoms. The number of carboxylic acid groups (broad SMARTS) is 1. The first-order chi connectivity index (χ1) is 12.6. The average Bonchev–Trinajstić information content (AvgIpc) is 3.07. The average molecular weight is 342 g/mol. The van der Waals surface area contributed by atoms with E-state index in [0.717, 1.165) is 11.3 Å². The van der Waals surface area contributed by atoms with Gasteiger partial charge >= 0.3 is 5.97 Å². The van der Waals surface area contributed by atoms with Gasteiger partial charge in [0.25, 0.3) is 0 Å². The van der Waals surface area contributed by atoms with E-state index in [4.69, 9.17) is 11.4 Å². The first-order valence-electron chi connectivity index (χ1n) is 8.01. The lowest BCUT2D eigenvalue weighted by Crippen LogP contribution is -2.09. The molecule has 0 spiro atoms. The van der Waals surface area contributed by atoms with Gasteiger partial charge in [-0.2, -0.15) is 0 Å². The van der Waals surface area contributed by atoms with Gasteiger partial charge in [0, 0.05) is 17.3 Å². The molecule has 1 aromatic carbocycles. The molecule has 0 aliphatic carbocycles. The van der Waals surface area contributed by atoms with Crippen molar-refractivity contribution in [3.05, 3.63) is 77.1 Å². The van der Waals surface area contributed by atoms with Crippen molar-refractivity contribution in [2.45, 2.75) is 13.0 Å². The molecule has 0 bridgehead atoms. The van der Waals surface area contributed by atoms with Crippen molar-refractivity contribution < 1.29 is 9.90 Å². The minimum atomic E-state index is -1.08. The number of hydrogen-bond acceptors (Lipinski definition) is 4. The lowest BCUT2D eigenvalue weighted by atomic mass is 10.0. The predicted molar refractivity (Wildman–Crippen MR) is 96.7 cm³/mol. The first kappa shape index (κ1) is 15.8. The number of carbonyl (C=O) groups is 1. The zero-order valence-electron chi connectivity index (χ0n) is 13.9. The maximum atomic E-state index is 11.6. The number of carboxylic acids is 1. The van der Waals surface area contributed by atoms with Gasteiger partial charge in [0.2, 0.25) is 0 Å². The second kappa shape index (κ2) is 5.97. The fourth-order valence-corrected chi connectivity index (χ4v) is 3.17. The molecule has 1 atom stereocenters. The first-order valence-corrected chi connectivity index (χ1v) is 8.01. The monoisotopic (exact) mass is 342 g/mol. The van der Waals surface area contributed by atoms with E-state index < -0.39 is 12.0 Å². The van der Waals surface area contributed by atoms with Crippen molar-refractivity contribution in [1.29, 1.82) is 0 Å². The Balaban J connectivity index is 2.06. The highest BCUT2D eigenvalue weighted by Gasteiger charge is 2.28. The highest BCUT2D eigenvalue weighted by molar-refractivity contribution is 6.14. The van der Waals surface area contributed by atoms with Crippen LogP contribution < -0.4 is 0 Å². The largest absolute Gasteiger partial charge is 0.476 e. The Morgan fingerprint density at radius 2 is 2.12 bits per heavy atom.